The monoisotopic (exact) mass is 460 g/mol. The van der Waals surface area contributed by atoms with E-state index in [9.17, 15) is 15.3 Å². The lowest BCUT2D eigenvalue weighted by atomic mass is 9.35. The van der Waals surface area contributed by atoms with Crippen molar-refractivity contribution in [1.29, 1.82) is 0 Å². The van der Waals surface area contributed by atoms with Crippen LogP contribution >= 0.6 is 0 Å². The predicted molar refractivity (Wildman–Crippen MR) is 136 cm³/mol. The highest BCUT2D eigenvalue weighted by atomic mass is 16.3. The molecule has 0 saturated heterocycles. The van der Waals surface area contributed by atoms with Gasteiger partial charge in [0.25, 0.3) is 0 Å². The van der Waals surface area contributed by atoms with Crippen molar-refractivity contribution in [2.24, 2.45) is 45.3 Å². The number of aliphatic hydroxyl groups is 3. The van der Waals surface area contributed by atoms with Crippen LogP contribution in [0.4, 0.5) is 0 Å². The summed E-state index contributed by atoms with van der Waals surface area (Å²) in [5.41, 5.74) is 0.885. The van der Waals surface area contributed by atoms with E-state index in [4.69, 9.17) is 0 Å². The Labute approximate surface area is 203 Å². The summed E-state index contributed by atoms with van der Waals surface area (Å²) in [7, 11) is 0. The van der Waals surface area contributed by atoms with Crippen LogP contribution in [0, 0.1) is 45.3 Å². The zero-order chi connectivity index (χ0) is 24.6. The van der Waals surface area contributed by atoms with Crippen LogP contribution in [-0.2, 0) is 0 Å². The van der Waals surface area contributed by atoms with Gasteiger partial charge in [-0.05, 0) is 124 Å². The number of rotatable bonds is 4. The molecule has 0 aromatic heterocycles. The van der Waals surface area contributed by atoms with Crippen LogP contribution in [0.15, 0.2) is 11.6 Å². The summed E-state index contributed by atoms with van der Waals surface area (Å²) in [6.45, 7) is 18.3. The molecule has 4 saturated carbocycles. The lowest BCUT2D eigenvalue weighted by Gasteiger charge is -2.70. The number of hydrogen-bond donors (Lipinski definition) is 3. The lowest BCUT2D eigenvalue weighted by Crippen LogP contribution is -2.66. The molecule has 3 nitrogen and oxygen atoms in total. The molecule has 0 heterocycles. The highest BCUT2D eigenvalue weighted by molar-refractivity contribution is 5.20. The molecule has 3 heteroatoms. The molecule has 0 unspecified atom stereocenters. The van der Waals surface area contributed by atoms with Crippen molar-refractivity contribution in [3.8, 4) is 0 Å². The van der Waals surface area contributed by atoms with Crippen molar-refractivity contribution >= 4 is 0 Å². The molecule has 33 heavy (non-hydrogen) atoms. The van der Waals surface area contributed by atoms with E-state index in [-0.39, 0.29) is 45.7 Å². The fourth-order valence-electron chi connectivity index (χ4n) is 10.3. The van der Waals surface area contributed by atoms with E-state index in [0.29, 0.717) is 11.8 Å². The van der Waals surface area contributed by atoms with Crippen molar-refractivity contribution < 1.29 is 15.3 Å². The quantitative estimate of drug-likeness (QED) is 0.420. The van der Waals surface area contributed by atoms with Gasteiger partial charge in [0.05, 0.1) is 17.8 Å². The van der Waals surface area contributed by atoms with Gasteiger partial charge in [-0.15, -0.1) is 0 Å². The summed E-state index contributed by atoms with van der Waals surface area (Å²) in [5.74, 6) is 1.31. The zero-order valence-electron chi connectivity index (χ0n) is 22.7. The first kappa shape index (κ1) is 25.7. The Kier molecular flexibility index (Phi) is 6.28. The second kappa shape index (κ2) is 8.07. The molecule has 4 rings (SSSR count). The standard InChI is InChI=1S/C30H52O3/c1-19(2)10-9-14-30(8,33)20-11-16-29(7)25(20)21(31)18-23-27(5)15-13-24(32)26(3,4)22(27)12-17-28(23,29)6/h10,20-25,31-33H,9,11-18H2,1-8H3/t20-,21+,22-,23+,24-,25-,27-,28+,29+,30-/m1/s1. The van der Waals surface area contributed by atoms with E-state index in [1.54, 1.807) is 0 Å². The Hall–Kier alpha value is -0.380. The van der Waals surface area contributed by atoms with Gasteiger partial charge in [0.1, 0.15) is 0 Å². The highest BCUT2D eigenvalue weighted by Crippen LogP contribution is 2.75. The lowest BCUT2D eigenvalue weighted by molar-refractivity contribution is -0.246. The molecule has 4 fully saturated rings. The minimum atomic E-state index is -0.739. The third kappa shape index (κ3) is 3.61. The number of fused-ring (bicyclic) bond motifs is 5. The van der Waals surface area contributed by atoms with Gasteiger partial charge < -0.3 is 15.3 Å². The zero-order valence-corrected chi connectivity index (χ0v) is 22.7. The second-order valence-corrected chi connectivity index (χ2v) is 14.5. The first-order valence-corrected chi connectivity index (χ1v) is 13.8. The van der Waals surface area contributed by atoms with Gasteiger partial charge in [0.15, 0.2) is 0 Å². The first-order valence-electron chi connectivity index (χ1n) is 13.8. The number of allylic oxidation sites excluding steroid dienone is 2. The molecule has 0 spiro atoms. The van der Waals surface area contributed by atoms with Gasteiger partial charge >= 0.3 is 0 Å². The molecular formula is C30H52O3. The summed E-state index contributed by atoms with van der Waals surface area (Å²) in [4.78, 5) is 0. The van der Waals surface area contributed by atoms with Gasteiger partial charge in [-0.2, -0.15) is 0 Å². The second-order valence-electron chi connectivity index (χ2n) is 14.5. The van der Waals surface area contributed by atoms with E-state index in [2.05, 4.69) is 54.5 Å². The van der Waals surface area contributed by atoms with Crippen LogP contribution in [0.5, 0.6) is 0 Å². The molecular weight excluding hydrogens is 408 g/mol. The molecule has 0 amide bonds. The first-order chi connectivity index (χ1) is 15.1. The van der Waals surface area contributed by atoms with E-state index in [0.717, 1.165) is 44.9 Å². The molecule has 0 aromatic rings. The summed E-state index contributed by atoms with van der Waals surface area (Å²) in [6, 6.07) is 0. The predicted octanol–water partition coefficient (Wildman–Crippen LogP) is 6.50. The molecule has 0 bridgehead atoms. The maximum Gasteiger partial charge on any atom is 0.0654 e. The van der Waals surface area contributed by atoms with Crippen molar-refractivity contribution in [3.63, 3.8) is 0 Å². The third-order valence-electron chi connectivity index (χ3n) is 12.4. The van der Waals surface area contributed by atoms with Crippen LogP contribution in [0.3, 0.4) is 0 Å². The third-order valence-corrected chi connectivity index (χ3v) is 12.4. The normalized spacial score (nSPS) is 50.5. The van der Waals surface area contributed by atoms with Crippen LogP contribution < -0.4 is 0 Å². The van der Waals surface area contributed by atoms with Gasteiger partial charge in [-0.3, -0.25) is 0 Å². The molecule has 10 atom stereocenters. The van der Waals surface area contributed by atoms with Crippen LogP contribution in [0.2, 0.25) is 0 Å². The van der Waals surface area contributed by atoms with E-state index >= 15 is 0 Å². The molecule has 0 radical (unpaired) electrons. The molecule has 3 N–H and O–H groups in total. The Morgan fingerprint density at radius 2 is 1.55 bits per heavy atom. The van der Waals surface area contributed by atoms with Crippen LogP contribution in [0.25, 0.3) is 0 Å². The molecule has 190 valence electrons. The van der Waals surface area contributed by atoms with Crippen molar-refractivity contribution in [2.45, 2.75) is 131 Å². The average molecular weight is 461 g/mol. The van der Waals surface area contributed by atoms with Crippen molar-refractivity contribution in [3.05, 3.63) is 11.6 Å². The van der Waals surface area contributed by atoms with Gasteiger partial charge in [0, 0.05) is 0 Å². The van der Waals surface area contributed by atoms with Crippen molar-refractivity contribution in [1.82, 2.24) is 0 Å². The van der Waals surface area contributed by atoms with Crippen molar-refractivity contribution in [2.75, 3.05) is 0 Å². The maximum atomic E-state index is 11.8. The summed E-state index contributed by atoms with van der Waals surface area (Å²) in [6.07, 6.45) is 10.6. The fraction of sp³-hybridized carbons (Fsp3) is 0.933. The molecule has 4 aliphatic rings. The van der Waals surface area contributed by atoms with Gasteiger partial charge in [0.2, 0.25) is 0 Å². The Morgan fingerprint density at radius 1 is 0.909 bits per heavy atom. The highest BCUT2D eigenvalue weighted by Gasteiger charge is 2.71. The Bertz CT molecular complexity index is 779. The minimum Gasteiger partial charge on any atom is -0.393 e. The van der Waals surface area contributed by atoms with Gasteiger partial charge in [-0.25, -0.2) is 0 Å². The molecule has 0 aromatic carbocycles. The summed E-state index contributed by atoms with van der Waals surface area (Å²) in [5, 5.41) is 34.3. The Morgan fingerprint density at radius 3 is 2.18 bits per heavy atom. The van der Waals surface area contributed by atoms with Crippen LogP contribution in [-0.4, -0.2) is 33.1 Å². The largest absolute Gasteiger partial charge is 0.393 e. The summed E-state index contributed by atoms with van der Waals surface area (Å²) < 4.78 is 0. The SMILES string of the molecule is CC(C)=CCC[C@@](C)(O)[C@@H]1CC[C@@]2(C)[C@H]1[C@@H](O)C[C@H]1[C@]3(C)CC[C@@H](O)C(C)(C)[C@H]3CC[C@@]12C. The fourth-order valence-corrected chi connectivity index (χ4v) is 10.3. The number of hydrogen-bond acceptors (Lipinski definition) is 3. The van der Waals surface area contributed by atoms with E-state index in [1.807, 2.05) is 6.92 Å². The van der Waals surface area contributed by atoms with Crippen LogP contribution in [0.1, 0.15) is 113 Å². The average Bonchev–Trinajstić information content (AvgIpc) is 3.08. The Balaban J connectivity index is 1.66. The van der Waals surface area contributed by atoms with E-state index in [1.165, 1.54) is 18.4 Å². The summed E-state index contributed by atoms with van der Waals surface area (Å²) >= 11 is 0. The smallest absolute Gasteiger partial charge is 0.0654 e. The topological polar surface area (TPSA) is 60.7 Å². The van der Waals surface area contributed by atoms with E-state index < -0.39 is 5.60 Å². The number of aliphatic hydroxyl groups excluding tert-OH is 2. The molecule has 4 aliphatic carbocycles. The van der Waals surface area contributed by atoms with Gasteiger partial charge in [-0.1, -0.05) is 46.3 Å². The minimum absolute atomic E-state index is 0.0503. The molecule has 0 aliphatic heterocycles. The maximum absolute atomic E-state index is 11.8.